The van der Waals surface area contributed by atoms with Crippen molar-refractivity contribution in [2.24, 2.45) is 0 Å². The summed E-state index contributed by atoms with van der Waals surface area (Å²) in [6.45, 7) is 14.8. The van der Waals surface area contributed by atoms with Gasteiger partial charge in [-0.1, -0.05) is 101 Å². The number of hydrogen-bond donors (Lipinski definition) is 1. The molecule has 2 heterocycles. The first-order valence-corrected chi connectivity index (χ1v) is 14.4. The number of esters is 1. The number of para-hydroxylation sites is 1. The summed E-state index contributed by atoms with van der Waals surface area (Å²) in [5, 5.41) is 8.74. The Hall–Kier alpha value is -3.52. The average Bonchev–Trinajstić information content (AvgIpc) is 3.32. The normalized spacial score (nSPS) is 14.9. The molecule has 3 aromatic rings. The highest BCUT2D eigenvalue weighted by atomic mass is 32.2. The molecular weight excluding hydrogens is 508 g/mol. The Morgan fingerprint density at radius 2 is 1.92 bits per heavy atom. The van der Waals surface area contributed by atoms with E-state index in [4.69, 9.17) is 19.6 Å². The standard InChI is InChI=1S/C31H38N4O3S/c1-7-9-19-39-30-33-29-32-21(3)26(28(36)37-18-8-2)27(35(29)34-30)24-12-10-11-13-25(24)38-20-22-14-16-23(17-15-22)31(4,5)6/h8,10-17,27H,2,7,9,18-20H2,1,3-6H3,(H,32,33,34). The average molecular weight is 547 g/mol. The van der Waals surface area contributed by atoms with Gasteiger partial charge in [0, 0.05) is 17.0 Å². The number of benzene rings is 2. The van der Waals surface area contributed by atoms with Gasteiger partial charge in [-0.05, 0) is 36.0 Å². The molecule has 1 aliphatic heterocycles. The van der Waals surface area contributed by atoms with Crippen LogP contribution in [-0.4, -0.2) is 33.1 Å². The van der Waals surface area contributed by atoms with E-state index >= 15 is 0 Å². The second-order valence-corrected chi connectivity index (χ2v) is 11.7. The van der Waals surface area contributed by atoms with Gasteiger partial charge in [-0.2, -0.15) is 4.98 Å². The Morgan fingerprint density at radius 3 is 2.62 bits per heavy atom. The van der Waals surface area contributed by atoms with Crippen molar-refractivity contribution >= 4 is 23.7 Å². The molecule has 206 valence electrons. The predicted molar refractivity (Wildman–Crippen MR) is 157 cm³/mol. The van der Waals surface area contributed by atoms with E-state index in [0.717, 1.165) is 29.7 Å². The van der Waals surface area contributed by atoms with Crippen molar-refractivity contribution in [3.8, 4) is 5.75 Å². The van der Waals surface area contributed by atoms with Crippen molar-refractivity contribution in [1.29, 1.82) is 0 Å². The van der Waals surface area contributed by atoms with Gasteiger partial charge in [-0.3, -0.25) is 0 Å². The summed E-state index contributed by atoms with van der Waals surface area (Å²) >= 11 is 1.61. The zero-order valence-electron chi connectivity index (χ0n) is 23.5. The molecule has 0 radical (unpaired) electrons. The second kappa shape index (κ2) is 12.6. The summed E-state index contributed by atoms with van der Waals surface area (Å²) < 4.78 is 13.6. The predicted octanol–water partition coefficient (Wildman–Crippen LogP) is 7.06. The van der Waals surface area contributed by atoms with Crippen molar-refractivity contribution in [3.05, 3.63) is 89.1 Å². The molecule has 0 fully saturated rings. The first-order chi connectivity index (χ1) is 18.7. The molecule has 0 aliphatic carbocycles. The van der Waals surface area contributed by atoms with Crippen LogP contribution in [0.25, 0.3) is 0 Å². The number of nitrogens with zero attached hydrogens (tertiary/aromatic N) is 3. The molecular formula is C31H38N4O3S. The van der Waals surface area contributed by atoms with Crippen molar-refractivity contribution in [2.75, 3.05) is 17.7 Å². The van der Waals surface area contributed by atoms with Gasteiger partial charge >= 0.3 is 5.97 Å². The largest absolute Gasteiger partial charge is 0.489 e. The molecule has 1 unspecified atom stereocenters. The number of fused-ring (bicyclic) bond motifs is 1. The van der Waals surface area contributed by atoms with Crippen molar-refractivity contribution in [1.82, 2.24) is 14.8 Å². The minimum atomic E-state index is -0.564. The highest BCUT2D eigenvalue weighted by molar-refractivity contribution is 7.99. The third kappa shape index (κ3) is 6.74. The fourth-order valence-electron chi connectivity index (χ4n) is 4.36. The first kappa shape index (κ1) is 28.5. The van der Waals surface area contributed by atoms with Gasteiger partial charge in [-0.15, -0.1) is 5.10 Å². The number of nitrogens with one attached hydrogen (secondary N) is 1. The molecule has 0 bridgehead atoms. The number of carbonyl (C=O) groups is 1. The van der Waals surface area contributed by atoms with Crippen LogP contribution in [0.3, 0.4) is 0 Å². The highest BCUT2D eigenvalue weighted by Gasteiger charge is 2.36. The maximum absolute atomic E-state index is 13.3. The van der Waals surface area contributed by atoms with Crippen LogP contribution in [-0.2, 0) is 21.6 Å². The zero-order chi connectivity index (χ0) is 28.0. The fraction of sp³-hybridized carbons (Fsp3) is 0.387. The second-order valence-electron chi connectivity index (χ2n) is 10.6. The lowest BCUT2D eigenvalue weighted by Gasteiger charge is -2.29. The molecule has 0 amide bonds. The lowest BCUT2D eigenvalue weighted by Crippen LogP contribution is -2.30. The molecule has 1 N–H and O–H groups in total. The minimum absolute atomic E-state index is 0.0883. The minimum Gasteiger partial charge on any atom is -0.489 e. The molecule has 0 spiro atoms. The maximum Gasteiger partial charge on any atom is 0.338 e. The molecule has 8 heteroatoms. The summed E-state index contributed by atoms with van der Waals surface area (Å²) in [6.07, 6.45) is 3.74. The van der Waals surface area contributed by atoms with Gasteiger partial charge in [0.05, 0.1) is 5.57 Å². The van der Waals surface area contributed by atoms with E-state index in [1.54, 1.807) is 22.5 Å². The van der Waals surface area contributed by atoms with Gasteiger partial charge in [0.1, 0.15) is 25.0 Å². The molecule has 0 saturated heterocycles. The van der Waals surface area contributed by atoms with Crippen molar-refractivity contribution in [3.63, 3.8) is 0 Å². The smallest absolute Gasteiger partial charge is 0.338 e. The van der Waals surface area contributed by atoms with E-state index in [9.17, 15) is 4.79 Å². The molecule has 39 heavy (non-hydrogen) atoms. The monoisotopic (exact) mass is 546 g/mol. The van der Waals surface area contributed by atoms with Crippen LogP contribution in [0.2, 0.25) is 0 Å². The van der Waals surface area contributed by atoms with E-state index < -0.39 is 12.0 Å². The van der Waals surface area contributed by atoms with Crippen molar-refractivity contribution < 1.29 is 14.3 Å². The highest BCUT2D eigenvalue weighted by Crippen LogP contribution is 2.40. The van der Waals surface area contributed by atoms with E-state index in [-0.39, 0.29) is 12.0 Å². The SMILES string of the molecule is C=CCOC(=O)C1=C(C)Nc2nc(SCCCC)nn2C1c1ccccc1OCc1ccc(C(C)(C)C)cc1. The van der Waals surface area contributed by atoms with Crippen LogP contribution < -0.4 is 10.1 Å². The molecule has 1 atom stereocenters. The van der Waals surface area contributed by atoms with Gasteiger partial charge in [-0.25, -0.2) is 9.48 Å². The molecule has 4 rings (SSSR count). The lowest BCUT2D eigenvalue weighted by atomic mass is 9.87. The van der Waals surface area contributed by atoms with Crippen LogP contribution in [0.1, 0.15) is 70.2 Å². The summed E-state index contributed by atoms with van der Waals surface area (Å²) in [7, 11) is 0. The Kier molecular flexibility index (Phi) is 9.17. The lowest BCUT2D eigenvalue weighted by molar-refractivity contribution is -0.138. The number of thioether (sulfide) groups is 1. The van der Waals surface area contributed by atoms with Gasteiger partial charge in [0.25, 0.3) is 0 Å². The Bertz CT molecular complexity index is 1340. The number of carbonyl (C=O) groups excluding carboxylic acids is 1. The van der Waals surface area contributed by atoms with E-state index in [1.807, 2.05) is 31.2 Å². The summed E-state index contributed by atoms with van der Waals surface area (Å²) in [6, 6.07) is 15.7. The van der Waals surface area contributed by atoms with Gasteiger partial charge < -0.3 is 14.8 Å². The number of hydrogen-bond acceptors (Lipinski definition) is 7. The number of rotatable bonds is 11. The topological polar surface area (TPSA) is 78.3 Å². The van der Waals surface area contributed by atoms with Crippen molar-refractivity contribution in [2.45, 2.75) is 70.7 Å². The van der Waals surface area contributed by atoms with Crippen LogP contribution in [0, 0.1) is 0 Å². The molecule has 2 aromatic carbocycles. The third-order valence-electron chi connectivity index (χ3n) is 6.54. The molecule has 0 saturated carbocycles. The number of ether oxygens (including phenoxy) is 2. The summed E-state index contributed by atoms with van der Waals surface area (Å²) in [5.41, 5.74) is 4.38. The Morgan fingerprint density at radius 1 is 1.18 bits per heavy atom. The van der Waals surface area contributed by atoms with E-state index in [2.05, 4.69) is 63.9 Å². The maximum atomic E-state index is 13.3. The number of unbranched alkanes of at least 4 members (excludes halogenated alkanes) is 1. The van der Waals surface area contributed by atoms with Crippen LogP contribution in [0.4, 0.5) is 5.95 Å². The molecule has 7 nitrogen and oxygen atoms in total. The fourth-order valence-corrected chi connectivity index (χ4v) is 5.28. The third-order valence-corrected chi connectivity index (χ3v) is 7.47. The number of allylic oxidation sites excluding steroid dienone is 1. The Labute approximate surface area is 235 Å². The van der Waals surface area contributed by atoms with Crippen LogP contribution >= 0.6 is 11.8 Å². The van der Waals surface area contributed by atoms with Crippen LogP contribution in [0.15, 0.2) is 77.6 Å². The first-order valence-electron chi connectivity index (χ1n) is 13.4. The van der Waals surface area contributed by atoms with Gasteiger partial charge in [0.2, 0.25) is 11.1 Å². The Balaban J connectivity index is 1.69. The zero-order valence-corrected chi connectivity index (χ0v) is 24.3. The summed E-state index contributed by atoms with van der Waals surface area (Å²) in [4.78, 5) is 18.0. The van der Waals surface area contributed by atoms with E-state index in [0.29, 0.717) is 34.7 Å². The van der Waals surface area contributed by atoms with Crippen LogP contribution in [0.5, 0.6) is 5.75 Å². The van der Waals surface area contributed by atoms with Gasteiger partial charge in [0.15, 0.2) is 0 Å². The molecule has 1 aromatic heterocycles. The molecule has 1 aliphatic rings. The quantitative estimate of drug-likeness (QED) is 0.119. The van der Waals surface area contributed by atoms with E-state index in [1.165, 1.54) is 5.56 Å². The number of aromatic nitrogens is 3. The summed E-state index contributed by atoms with van der Waals surface area (Å²) in [5.74, 6) is 1.76. The number of anilines is 1.